The number of nitrogens with zero attached hydrogens (tertiary/aromatic N) is 3. The van der Waals surface area contributed by atoms with Crippen LogP contribution < -0.4 is 4.90 Å². The second kappa shape index (κ2) is 5.00. The molecule has 0 aromatic carbocycles. The molecule has 1 N–H and O–H groups in total. The van der Waals surface area contributed by atoms with Gasteiger partial charge < -0.3 is 14.6 Å². The molecule has 0 atom stereocenters. The van der Waals surface area contributed by atoms with Gasteiger partial charge in [-0.15, -0.1) is 0 Å². The van der Waals surface area contributed by atoms with E-state index in [1.54, 1.807) is 6.20 Å². The molecule has 0 aliphatic rings. The van der Waals surface area contributed by atoms with Crippen LogP contribution in [0, 0.1) is 0 Å². The lowest BCUT2D eigenvalue weighted by Gasteiger charge is -2.27. The van der Waals surface area contributed by atoms with Crippen molar-refractivity contribution in [2.45, 2.75) is 26.3 Å². The van der Waals surface area contributed by atoms with E-state index in [1.165, 1.54) is 0 Å². The molecule has 1 heterocycles. The molecule has 14 heavy (non-hydrogen) atoms. The van der Waals surface area contributed by atoms with Crippen molar-refractivity contribution in [2.24, 2.45) is 7.05 Å². The average molecular weight is 197 g/mol. The summed E-state index contributed by atoms with van der Waals surface area (Å²) in [5, 5.41) is 8.81. The van der Waals surface area contributed by atoms with Crippen molar-refractivity contribution in [3.05, 3.63) is 12.4 Å². The summed E-state index contributed by atoms with van der Waals surface area (Å²) in [7, 11) is 1.98. The maximum Gasteiger partial charge on any atom is 0.205 e. The summed E-state index contributed by atoms with van der Waals surface area (Å²) in [6.45, 7) is 5.34. The topological polar surface area (TPSA) is 41.3 Å². The Morgan fingerprint density at radius 3 is 2.71 bits per heavy atom. The summed E-state index contributed by atoms with van der Waals surface area (Å²) in [4.78, 5) is 6.49. The fourth-order valence-corrected chi connectivity index (χ4v) is 1.46. The number of aliphatic hydroxyl groups is 1. The predicted molar refractivity (Wildman–Crippen MR) is 57.4 cm³/mol. The normalized spacial score (nSPS) is 10.9. The van der Waals surface area contributed by atoms with Gasteiger partial charge in [0.25, 0.3) is 0 Å². The first kappa shape index (κ1) is 11.0. The van der Waals surface area contributed by atoms with Crippen LogP contribution in [0.4, 0.5) is 5.95 Å². The summed E-state index contributed by atoms with van der Waals surface area (Å²) in [5.41, 5.74) is 0. The standard InChI is InChI=1S/C10H19N3O/c1-9(2)13(6-4-8-14)10-11-5-7-12(10)3/h5,7,9,14H,4,6,8H2,1-3H3. The van der Waals surface area contributed by atoms with Crippen molar-refractivity contribution in [3.63, 3.8) is 0 Å². The minimum atomic E-state index is 0.230. The zero-order valence-electron chi connectivity index (χ0n) is 9.14. The number of aliphatic hydroxyl groups excluding tert-OH is 1. The number of aryl methyl sites for hydroxylation is 1. The zero-order chi connectivity index (χ0) is 10.6. The molecule has 1 aromatic heterocycles. The molecule has 0 unspecified atom stereocenters. The van der Waals surface area contributed by atoms with Gasteiger partial charge in [-0.3, -0.25) is 0 Å². The molecular formula is C10H19N3O. The molecule has 0 fully saturated rings. The molecule has 0 saturated heterocycles. The SMILES string of the molecule is CC(C)N(CCCO)c1nccn1C. The van der Waals surface area contributed by atoms with E-state index in [0.717, 1.165) is 18.9 Å². The predicted octanol–water partition coefficient (Wildman–Crippen LogP) is 1.02. The Kier molecular flexibility index (Phi) is 3.95. The second-order valence-electron chi connectivity index (χ2n) is 3.70. The fraction of sp³-hybridized carbons (Fsp3) is 0.700. The van der Waals surface area contributed by atoms with E-state index in [-0.39, 0.29) is 6.61 Å². The molecule has 0 aliphatic carbocycles. The van der Waals surface area contributed by atoms with Crippen molar-refractivity contribution in [2.75, 3.05) is 18.1 Å². The Morgan fingerprint density at radius 1 is 1.57 bits per heavy atom. The highest BCUT2D eigenvalue weighted by Gasteiger charge is 2.13. The van der Waals surface area contributed by atoms with Crippen molar-refractivity contribution < 1.29 is 5.11 Å². The van der Waals surface area contributed by atoms with Crippen LogP contribution in [0.3, 0.4) is 0 Å². The van der Waals surface area contributed by atoms with E-state index in [0.29, 0.717) is 6.04 Å². The van der Waals surface area contributed by atoms with Gasteiger partial charge in [0.15, 0.2) is 0 Å². The number of imidazole rings is 1. The molecule has 0 aliphatic heterocycles. The van der Waals surface area contributed by atoms with Gasteiger partial charge in [0.05, 0.1) is 0 Å². The number of rotatable bonds is 5. The summed E-state index contributed by atoms with van der Waals surface area (Å²) in [6, 6.07) is 0.405. The Morgan fingerprint density at radius 2 is 2.29 bits per heavy atom. The molecule has 0 spiro atoms. The first-order valence-corrected chi connectivity index (χ1v) is 5.01. The minimum absolute atomic E-state index is 0.230. The molecule has 80 valence electrons. The average Bonchev–Trinajstić information content (AvgIpc) is 2.52. The summed E-state index contributed by atoms with van der Waals surface area (Å²) >= 11 is 0. The van der Waals surface area contributed by atoms with Crippen LogP contribution in [0.25, 0.3) is 0 Å². The van der Waals surface area contributed by atoms with Gasteiger partial charge in [0, 0.05) is 38.6 Å². The van der Waals surface area contributed by atoms with Gasteiger partial charge in [0.2, 0.25) is 5.95 Å². The number of anilines is 1. The molecule has 4 nitrogen and oxygen atoms in total. The fourth-order valence-electron chi connectivity index (χ4n) is 1.46. The highest BCUT2D eigenvalue weighted by molar-refractivity contribution is 5.31. The van der Waals surface area contributed by atoms with E-state index >= 15 is 0 Å². The van der Waals surface area contributed by atoms with Gasteiger partial charge in [-0.1, -0.05) is 0 Å². The lowest BCUT2D eigenvalue weighted by molar-refractivity contribution is 0.288. The van der Waals surface area contributed by atoms with Crippen LogP contribution in [-0.2, 0) is 7.05 Å². The summed E-state index contributed by atoms with van der Waals surface area (Å²) in [5.74, 6) is 0.966. The highest BCUT2D eigenvalue weighted by atomic mass is 16.3. The Bertz CT molecular complexity index is 270. The van der Waals surface area contributed by atoms with E-state index in [2.05, 4.69) is 23.7 Å². The van der Waals surface area contributed by atoms with Gasteiger partial charge in [-0.25, -0.2) is 4.98 Å². The van der Waals surface area contributed by atoms with Crippen LogP contribution >= 0.6 is 0 Å². The summed E-state index contributed by atoms with van der Waals surface area (Å²) < 4.78 is 2.00. The maximum absolute atomic E-state index is 8.81. The van der Waals surface area contributed by atoms with Crippen LogP contribution in [-0.4, -0.2) is 33.9 Å². The number of hydrogen-bond acceptors (Lipinski definition) is 3. The van der Waals surface area contributed by atoms with Gasteiger partial charge in [-0.2, -0.15) is 0 Å². The molecule has 0 radical (unpaired) electrons. The van der Waals surface area contributed by atoms with Crippen LogP contribution in [0.1, 0.15) is 20.3 Å². The molecule has 1 aromatic rings. The smallest absolute Gasteiger partial charge is 0.205 e. The van der Waals surface area contributed by atoms with Gasteiger partial charge in [-0.05, 0) is 20.3 Å². The third-order valence-corrected chi connectivity index (χ3v) is 2.23. The highest BCUT2D eigenvalue weighted by Crippen LogP contribution is 2.13. The van der Waals surface area contributed by atoms with Gasteiger partial charge in [0.1, 0.15) is 0 Å². The second-order valence-corrected chi connectivity index (χ2v) is 3.70. The van der Waals surface area contributed by atoms with Crippen molar-refractivity contribution >= 4 is 5.95 Å². The third kappa shape index (κ3) is 2.48. The monoisotopic (exact) mass is 197 g/mol. The Labute approximate surface area is 85.2 Å². The largest absolute Gasteiger partial charge is 0.396 e. The maximum atomic E-state index is 8.81. The Balaban J connectivity index is 2.73. The zero-order valence-corrected chi connectivity index (χ0v) is 9.14. The lowest BCUT2D eigenvalue weighted by Crippen LogP contribution is -2.34. The molecule has 0 amide bonds. The quantitative estimate of drug-likeness (QED) is 0.766. The molecule has 1 rings (SSSR count). The van der Waals surface area contributed by atoms with E-state index in [9.17, 15) is 0 Å². The first-order valence-electron chi connectivity index (χ1n) is 5.01. The molecule has 4 heteroatoms. The molecule has 0 saturated carbocycles. The van der Waals surface area contributed by atoms with Crippen LogP contribution in [0.2, 0.25) is 0 Å². The van der Waals surface area contributed by atoms with E-state index < -0.39 is 0 Å². The van der Waals surface area contributed by atoms with E-state index in [4.69, 9.17) is 5.11 Å². The van der Waals surface area contributed by atoms with Crippen molar-refractivity contribution in [3.8, 4) is 0 Å². The molecule has 0 bridgehead atoms. The first-order chi connectivity index (χ1) is 6.66. The van der Waals surface area contributed by atoms with E-state index in [1.807, 2.05) is 17.8 Å². The third-order valence-electron chi connectivity index (χ3n) is 2.23. The van der Waals surface area contributed by atoms with Crippen molar-refractivity contribution in [1.82, 2.24) is 9.55 Å². The van der Waals surface area contributed by atoms with Crippen LogP contribution in [0.5, 0.6) is 0 Å². The van der Waals surface area contributed by atoms with Crippen molar-refractivity contribution in [1.29, 1.82) is 0 Å². The number of aromatic nitrogens is 2. The number of hydrogen-bond donors (Lipinski definition) is 1. The summed E-state index contributed by atoms with van der Waals surface area (Å²) in [6.07, 6.45) is 4.51. The van der Waals surface area contributed by atoms with Gasteiger partial charge >= 0.3 is 0 Å². The molecular weight excluding hydrogens is 178 g/mol. The minimum Gasteiger partial charge on any atom is -0.396 e. The Hall–Kier alpha value is -1.03. The lowest BCUT2D eigenvalue weighted by atomic mass is 10.3. The van der Waals surface area contributed by atoms with Crippen LogP contribution in [0.15, 0.2) is 12.4 Å².